The molecule has 2 amide bonds. The number of aromatic amines is 1. The van der Waals surface area contributed by atoms with Crippen LogP contribution >= 0.6 is 0 Å². The predicted octanol–water partition coefficient (Wildman–Crippen LogP) is 2.92. The molecule has 1 saturated heterocycles. The number of pyridine rings is 1. The highest BCUT2D eigenvalue weighted by molar-refractivity contribution is 5.94. The van der Waals surface area contributed by atoms with Gasteiger partial charge in [0.25, 0.3) is 5.91 Å². The Morgan fingerprint density at radius 2 is 1.90 bits per heavy atom. The van der Waals surface area contributed by atoms with Crippen molar-refractivity contribution >= 4 is 22.7 Å². The number of piperidine rings is 1. The second-order valence-corrected chi connectivity index (χ2v) is 8.25. The third kappa shape index (κ3) is 3.39. The molecular formula is C23H24N4O2. The molecule has 1 aliphatic heterocycles. The molecule has 3 aromatic rings. The van der Waals surface area contributed by atoms with Gasteiger partial charge in [-0.3, -0.25) is 14.6 Å². The van der Waals surface area contributed by atoms with E-state index < -0.39 is 0 Å². The van der Waals surface area contributed by atoms with E-state index in [1.54, 1.807) is 24.5 Å². The maximum atomic E-state index is 12.8. The van der Waals surface area contributed by atoms with Crippen molar-refractivity contribution < 1.29 is 9.59 Å². The number of carbonyl (C=O) groups excluding carboxylic acids is 2. The second-order valence-electron chi connectivity index (χ2n) is 8.25. The van der Waals surface area contributed by atoms with Crippen LogP contribution in [-0.2, 0) is 11.2 Å². The molecule has 2 aliphatic rings. The first-order valence-corrected chi connectivity index (χ1v) is 10.2. The standard InChI is InChI=1S/C23H24N4O2/c28-21(13-17-15-25-19-4-2-1-3-18(17)19)27-11-7-23(8-12-27)14-20(23)26-22(29)16-5-9-24-10-6-16/h1-6,9-10,15,20,25H,7-8,11-14H2,(H,26,29). The highest BCUT2D eigenvalue weighted by atomic mass is 16.2. The summed E-state index contributed by atoms with van der Waals surface area (Å²) in [5, 5.41) is 4.28. The van der Waals surface area contributed by atoms with Crippen molar-refractivity contribution in [1.29, 1.82) is 0 Å². The van der Waals surface area contributed by atoms with E-state index >= 15 is 0 Å². The van der Waals surface area contributed by atoms with E-state index in [0.29, 0.717) is 12.0 Å². The van der Waals surface area contributed by atoms with Crippen LogP contribution in [0.4, 0.5) is 0 Å². The molecule has 29 heavy (non-hydrogen) atoms. The SMILES string of the molecule is O=C(NC1CC12CCN(C(=O)Cc1c[nH]c3ccccc13)CC2)c1ccncc1. The van der Waals surface area contributed by atoms with Gasteiger partial charge in [0.15, 0.2) is 0 Å². The molecule has 2 N–H and O–H groups in total. The van der Waals surface area contributed by atoms with Crippen LogP contribution in [0.1, 0.15) is 35.2 Å². The van der Waals surface area contributed by atoms with Crippen molar-refractivity contribution in [1.82, 2.24) is 20.2 Å². The van der Waals surface area contributed by atoms with Crippen LogP contribution in [0.3, 0.4) is 0 Å². The Kier molecular flexibility index (Phi) is 4.34. The van der Waals surface area contributed by atoms with Crippen molar-refractivity contribution in [3.05, 3.63) is 66.1 Å². The first-order valence-electron chi connectivity index (χ1n) is 10.2. The van der Waals surface area contributed by atoms with Gasteiger partial charge < -0.3 is 15.2 Å². The normalized spacial score (nSPS) is 20.0. The van der Waals surface area contributed by atoms with Gasteiger partial charge in [-0.15, -0.1) is 0 Å². The monoisotopic (exact) mass is 388 g/mol. The zero-order valence-corrected chi connectivity index (χ0v) is 16.2. The average molecular weight is 388 g/mol. The summed E-state index contributed by atoms with van der Waals surface area (Å²) in [5.74, 6) is 0.148. The maximum absolute atomic E-state index is 12.8. The van der Waals surface area contributed by atoms with Crippen LogP contribution in [0.5, 0.6) is 0 Å². The number of nitrogens with one attached hydrogen (secondary N) is 2. The van der Waals surface area contributed by atoms with Crippen LogP contribution in [-0.4, -0.2) is 45.8 Å². The van der Waals surface area contributed by atoms with Gasteiger partial charge in [0.1, 0.15) is 0 Å². The van der Waals surface area contributed by atoms with Gasteiger partial charge in [-0.05, 0) is 48.4 Å². The average Bonchev–Trinajstić information content (AvgIpc) is 3.24. The van der Waals surface area contributed by atoms with Crippen molar-refractivity contribution in [2.45, 2.75) is 31.7 Å². The van der Waals surface area contributed by atoms with Crippen molar-refractivity contribution in [3.8, 4) is 0 Å². The minimum absolute atomic E-state index is 0.0351. The molecule has 0 bridgehead atoms. The second kappa shape index (κ2) is 7.03. The van der Waals surface area contributed by atoms with Crippen molar-refractivity contribution in [2.75, 3.05) is 13.1 Å². The lowest BCUT2D eigenvalue weighted by Crippen LogP contribution is -2.42. The first kappa shape index (κ1) is 17.9. The van der Waals surface area contributed by atoms with Gasteiger partial charge >= 0.3 is 0 Å². The quantitative estimate of drug-likeness (QED) is 0.721. The first-order chi connectivity index (χ1) is 14.1. The van der Waals surface area contributed by atoms with E-state index in [4.69, 9.17) is 0 Å². The van der Waals surface area contributed by atoms with Gasteiger partial charge in [0.2, 0.25) is 5.91 Å². The third-order valence-corrected chi connectivity index (χ3v) is 6.57. The number of rotatable bonds is 4. The molecule has 148 valence electrons. The minimum Gasteiger partial charge on any atom is -0.361 e. The summed E-state index contributed by atoms with van der Waals surface area (Å²) in [6.07, 6.45) is 8.56. The molecule has 6 nitrogen and oxygen atoms in total. The molecular weight excluding hydrogens is 364 g/mol. The Morgan fingerprint density at radius 3 is 2.69 bits per heavy atom. The zero-order chi connectivity index (χ0) is 19.8. The lowest BCUT2D eigenvalue weighted by Gasteiger charge is -2.33. The smallest absolute Gasteiger partial charge is 0.251 e. The molecule has 1 saturated carbocycles. The van der Waals surface area contributed by atoms with Crippen molar-refractivity contribution in [2.24, 2.45) is 5.41 Å². The number of carbonyl (C=O) groups is 2. The molecule has 1 spiro atoms. The van der Waals surface area contributed by atoms with E-state index in [-0.39, 0.29) is 23.3 Å². The van der Waals surface area contributed by atoms with E-state index in [1.165, 1.54) is 0 Å². The molecule has 1 aromatic carbocycles. The zero-order valence-electron chi connectivity index (χ0n) is 16.2. The van der Waals surface area contributed by atoms with Crippen LogP contribution in [0.15, 0.2) is 55.0 Å². The molecule has 6 heteroatoms. The molecule has 1 unspecified atom stereocenters. The van der Waals surface area contributed by atoms with E-state index in [2.05, 4.69) is 21.4 Å². The van der Waals surface area contributed by atoms with E-state index in [0.717, 1.165) is 48.8 Å². The number of amides is 2. The molecule has 0 radical (unpaired) electrons. The van der Waals surface area contributed by atoms with Gasteiger partial charge in [-0.25, -0.2) is 0 Å². The fourth-order valence-electron chi connectivity index (χ4n) is 4.60. The van der Waals surface area contributed by atoms with Crippen LogP contribution in [0.2, 0.25) is 0 Å². The minimum atomic E-state index is -0.0351. The molecule has 1 aliphatic carbocycles. The molecule has 5 rings (SSSR count). The third-order valence-electron chi connectivity index (χ3n) is 6.57. The number of H-pyrrole nitrogens is 1. The summed E-state index contributed by atoms with van der Waals surface area (Å²) in [6, 6.07) is 11.8. The summed E-state index contributed by atoms with van der Waals surface area (Å²) >= 11 is 0. The molecule has 1 atom stereocenters. The molecule has 2 fully saturated rings. The lowest BCUT2D eigenvalue weighted by atomic mass is 9.92. The summed E-state index contributed by atoms with van der Waals surface area (Å²) in [6.45, 7) is 1.53. The number of hydrogen-bond acceptors (Lipinski definition) is 3. The van der Waals surface area contributed by atoms with Gasteiger partial charge in [0, 0.05) is 54.2 Å². The number of hydrogen-bond donors (Lipinski definition) is 2. The predicted molar refractivity (Wildman–Crippen MR) is 110 cm³/mol. The summed E-state index contributed by atoms with van der Waals surface area (Å²) in [7, 11) is 0. The fourth-order valence-corrected chi connectivity index (χ4v) is 4.60. The van der Waals surface area contributed by atoms with Crippen molar-refractivity contribution in [3.63, 3.8) is 0 Å². The number of aromatic nitrogens is 2. The lowest BCUT2D eigenvalue weighted by molar-refractivity contribution is -0.132. The van der Waals surface area contributed by atoms with E-state index in [9.17, 15) is 9.59 Å². The largest absolute Gasteiger partial charge is 0.361 e. The maximum Gasteiger partial charge on any atom is 0.251 e. The molecule has 3 heterocycles. The Balaban J connectivity index is 1.16. The highest BCUT2D eigenvalue weighted by Crippen LogP contribution is 2.54. The number of benzene rings is 1. The topological polar surface area (TPSA) is 78.1 Å². The Bertz CT molecular complexity index is 1050. The number of fused-ring (bicyclic) bond motifs is 1. The highest BCUT2D eigenvalue weighted by Gasteiger charge is 2.55. The van der Waals surface area contributed by atoms with Crippen LogP contribution < -0.4 is 5.32 Å². The number of nitrogens with zero attached hydrogens (tertiary/aromatic N) is 2. The fraction of sp³-hybridized carbons (Fsp3) is 0.348. The number of para-hydroxylation sites is 1. The van der Waals surface area contributed by atoms with Gasteiger partial charge in [-0.2, -0.15) is 0 Å². The van der Waals surface area contributed by atoms with Crippen LogP contribution in [0, 0.1) is 5.41 Å². The Morgan fingerprint density at radius 1 is 1.14 bits per heavy atom. The summed E-state index contributed by atoms with van der Waals surface area (Å²) < 4.78 is 0. The molecule has 2 aromatic heterocycles. The van der Waals surface area contributed by atoms with Gasteiger partial charge in [0.05, 0.1) is 6.42 Å². The summed E-state index contributed by atoms with van der Waals surface area (Å²) in [4.78, 5) is 34.4. The Hall–Kier alpha value is -3.15. The van der Waals surface area contributed by atoms with Crippen LogP contribution in [0.25, 0.3) is 10.9 Å². The number of likely N-dealkylation sites (tertiary alicyclic amines) is 1. The Labute approximate surface area is 169 Å². The van der Waals surface area contributed by atoms with E-state index in [1.807, 2.05) is 29.3 Å². The van der Waals surface area contributed by atoms with Gasteiger partial charge in [-0.1, -0.05) is 18.2 Å². The summed E-state index contributed by atoms with van der Waals surface area (Å²) in [5.41, 5.74) is 2.94.